The summed E-state index contributed by atoms with van der Waals surface area (Å²) in [6.07, 6.45) is 2.86. The van der Waals surface area contributed by atoms with Gasteiger partial charge in [0, 0.05) is 55.5 Å². The Labute approximate surface area is 230 Å². The number of benzene rings is 2. The van der Waals surface area contributed by atoms with Crippen LogP contribution in [0, 0.1) is 17.0 Å². The van der Waals surface area contributed by atoms with Gasteiger partial charge in [-0.25, -0.2) is 4.98 Å². The predicted octanol–water partition coefficient (Wildman–Crippen LogP) is 3.33. The second-order valence-corrected chi connectivity index (χ2v) is 11.2. The van der Waals surface area contributed by atoms with Crippen molar-refractivity contribution in [2.24, 2.45) is 11.8 Å². The van der Waals surface area contributed by atoms with Crippen molar-refractivity contribution in [3.63, 3.8) is 0 Å². The number of carbonyl (C=O) groups excluding carboxylic acids is 1. The van der Waals surface area contributed by atoms with Gasteiger partial charge in [-0.05, 0) is 67.1 Å². The molecular weight excluding hydrogens is 508 g/mol. The number of H-pyrrole nitrogens is 1. The molecule has 7 rings (SSSR count). The molecule has 0 aliphatic carbocycles. The van der Waals surface area contributed by atoms with Crippen LogP contribution in [0.4, 0.5) is 11.4 Å². The number of aromatic nitrogens is 3. The molecule has 3 N–H and O–H groups in total. The molecule has 40 heavy (non-hydrogen) atoms. The van der Waals surface area contributed by atoms with Crippen molar-refractivity contribution in [3.8, 4) is 0 Å². The minimum absolute atomic E-state index is 0.00609. The first-order valence-corrected chi connectivity index (χ1v) is 13.9. The van der Waals surface area contributed by atoms with Crippen LogP contribution >= 0.6 is 0 Å². The van der Waals surface area contributed by atoms with Gasteiger partial charge in [0.05, 0.1) is 22.6 Å². The maximum atomic E-state index is 13.8. The van der Waals surface area contributed by atoms with Crippen LogP contribution in [0.25, 0.3) is 11.0 Å². The first-order valence-electron chi connectivity index (χ1n) is 13.9. The molecule has 1 fully saturated rings. The van der Waals surface area contributed by atoms with E-state index in [0.717, 1.165) is 53.1 Å². The largest absolute Gasteiger partial charge is 0.733 e. The number of pyridine rings is 1. The minimum Gasteiger partial charge on any atom is -0.733 e. The van der Waals surface area contributed by atoms with Crippen molar-refractivity contribution in [2.75, 3.05) is 23.2 Å². The van der Waals surface area contributed by atoms with E-state index in [9.17, 15) is 20.0 Å². The summed E-state index contributed by atoms with van der Waals surface area (Å²) in [6.45, 7) is 1.79. The Bertz CT molecular complexity index is 1610. The topological polar surface area (TPSA) is 130 Å². The Morgan fingerprint density at radius 3 is 2.88 bits per heavy atom. The zero-order chi connectivity index (χ0) is 27.4. The number of rotatable bonds is 6. The van der Waals surface area contributed by atoms with Crippen LogP contribution in [0.15, 0.2) is 65.5 Å². The summed E-state index contributed by atoms with van der Waals surface area (Å²) in [6, 6.07) is 18.5. The van der Waals surface area contributed by atoms with Crippen molar-refractivity contribution in [3.05, 3.63) is 93.3 Å². The zero-order valence-electron chi connectivity index (χ0n) is 22.0. The van der Waals surface area contributed by atoms with Crippen LogP contribution in [0.2, 0.25) is 0 Å². The number of aryl methyl sites for hydroxylation is 1. The van der Waals surface area contributed by atoms with E-state index in [0.29, 0.717) is 26.1 Å². The fraction of sp³-hybridized carbons (Fsp3) is 0.367. The third kappa shape index (κ3) is 4.24. The Balaban J connectivity index is 1.13. The van der Waals surface area contributed by atoms with E-state index in [4.69, 9.17) is 0 Å². The molecule has 4 aromatic rings. The Hall–Kier alpha value is -4.15. The maximum absolute atomic E-state index is 13.8. The number of fused-ring (bicyclic) bond motifs is 9. The van der Waals surface area contributed by atoms with Crippen molar-refractivity contribution in [2.45, 2.75) is 44.2 Å². The number of amides is 1. The molecule has 2 aromatic carbocycles. The molecule has 10 nitrogen and oxygen atoms in total. The van der Waals surface area contributed by atoms with E-state index in [2.05, 4.69) is 20.2 Å². The summed E-state index contributed by atoms with van der Waals surface area (Å²) in [4.78, 5) is 36.8. The smallest absolute Gasteiger partial charge is 0.250 e. The Kier molecular flexibility index (Phi) is 6.09. The van der Waals surface area contributed by atoms with Crippen LogP contribution in [0.1, 0.15) is 35.8 Å². The SMILES string of the molecule is O=C(NCCCc1nc2ccccc2[nH]1)[C@@H]1Cc2cc(N([O-])O)ccc2N2CC3CC(Cn4c3cccc4=O)[C@@H]12. The Morgan fingerprint density at radius 2 is 2.02 bits per heavy atom. The average molecular weight is 540 g/mol. The fourth-order valence-electron chi connectivity index (χ4n) is 7.18. The summed E-state index contributed by atoms with van der Waals surface area (Å²) in [7, 11) is 0. The number of hydrogen-bond donors (Lipinski definition) is 3. The first kappa shape index (κ1) is 24.9. The van der Waals surface area contributed by atoms with Gasteiger partial charge in [-0.2, -0.15) is 0 Å². The average Bonchev–Trinajstić information content (AvgIpc) is 3.38. The quantitative estimate of drug-likeness (QED) is 0.253. The van der Waals surface area contributed by atoms with E-state index >= 15 is 0 Å². The molecule has 206 valence electrons. The van der Waals surface area contributed by atoms with Gasteiger partial charge < -0.3 is 30.2 Å². The first-order chi connectivity index (χ1) is 19.5. The van der Waals surface area contributed by atoms with Crippen molar-refractivity contribution in [1.82, 2.24) is 19.9 Å². The van der Waals surface area contributed by atoms with Crippen LogP contribution < -0.4 is 21.0 Å². The molecule has 2 unspecified atom stereocenters. The van der Waals surface area contributed by atoms with Gasteiger partial charge >= 0.3 is 0 Å². The van der Waals surface area contributed by atoms with Crippen molar-refractivity contribution >= 4 is 28.3 Å². The van der Waals surface area contributed by atoms with Gasteiger partial charge in [-0.15, -0.1) is 0 Å². The van der Waals surface area contributed by atoms with Gasteiger partial charge in [0.2, 0.25) is 5.91 Å². The number of carbonyl (C=O) groups is 1. The lowest BCUT2D eigenvalue weighted by molar-refractivity contribution is -0.126. The standard InChI is InChI=1S/C30H31N6O4/c37-28-9-3-7-25-19-13-20(17-34(25)28)29-22(15-18-14-21(36(39)40)10-11-26(18)35(29)16-19)30(38)31-12-4-8-27-32-23-5-1-2-6-24(23)33-27/h1-3,5-7,9-11,14,19-20,22,29,39H,4,8,12-13,15-17H2,(H,31,38)(H,32,33)/q-1/t19?,20?,22-,29+/m1/s1. The number of nitrogens with zero attached hydrogens (tertiary/aromatic N) is 4. The summed E-state index contributed by atoms with van der Waals surface area (Å²) in [5.41, 5.74) is 5.00. The summed E-state index contributed by atoms with van der Waals surface area (Å²) >= 11 is 0. The number of aromatic amines is 1. The molecule has 0 radical (unpaired) electrons. The monoisotopic (exact) mass is 539 g/mol. The maximum Gasteiger partial charge on any atom is 0.250 e. The highest BCUT2D eigenvalue weighted by molar-refractivity contribution is 5.82. The highest BCUT2D eigenvalue weighted by Crippen LogP contribution is 2.47. The highest BCUT2D eigenvalue weighted by atomic mass is 16.8. The number of para-hydroxylation sites is 2. The number of hydrogen-bond acceptors (Lipinski definition) is 7. The van der Waals surface area contributed by atoms with Gasteiger partial charge in [0.1, 0.15) is 5.82 Å². The van der Waals surface area contributed by atoms with Crippen molar-refractivity contribution < 1.29 is 10.0 Å². The summed E-state index contributed by atoms with van der Waals surface area (Å²) in [5, 5.41) is 24.2. The Morgan fingerprint density at radius 1 is 1.15 bits per heavy atom. The molecule has 1 amide bonds. The highest BCUT2D eigenvalue weighted by Gasteiger charge is 2.49. The van der Waals surface area contributed by atoms with E-state index in [1.165, 1.54) is 0 Å². The van der Waals surface area contributed by atoms with E-state index < -0.39 is 0 Å². The third-order valence-electron chi connectivity index (χ3n) is 8.88. The number of piperidine rings is 1. The lowest BCUT2D eigenvalue weighted by Gasteiger charge is -2.54. The molecule has 2 aromatic heterocycles. The molecule has 3 aliphatic rings. The molecule has 5 heterocycles. The number of nitrogens with one attached hydrogen (secondary N) is 2. The van der Waals surface area contributed by atoms with Gasteiger partial charge in [0.25, 0.3) is 5.56 Å². The number of imidazole rings is 1. The van der Waals surface area contributed by atoms with E-state index in [1.54, 1.807) is 18.2 Å². The van der Waals surface area contributed by atoms with Gasteiger partial charge in [0.15, 0.2) is 0 Å². The van der Waals surface area contributed by atoms with Gasteiger partial charge in [-0.3, -0.25) is 14.8 Å². The molecule has 1 saturated heterocycles. The molecule has 2 bridgehead atoms. The zero-order valence-corrected chi connectivity index (χ0v) is 22.0. The number of anilines is 2. The van der Waals surface area contributed by atoms with Crippen LogP contribution in [0.5, 0.6) is 0 Å². The molecule has 0 saturated carbocycles. The van der Waals surface area contributed by atoms with Crippen LogP contribution in [-0.2, 0) is 24.2 Å². The molecule has 3 aliphatic heterocycles. The van der Waals surface area contributed by atoms with Crippen LogP contribution in [0.3, 0.4) is 0 Å². The predicted molar refractivity (Wildman–Crippen MR) is 151 cm³/mol. The third-order valence-corrected chi connectivity index (χ3v) is 8.88. The molecule has 10 heteroatoms. The van der Waals surface area contributed by atoms with Crippen LogP contribution in [-0.4, -0.2) is 44.8 Å². The fourth-order valence-corrected chi connectivity index (χ4v) is 7.18. The second kappa shape index (κ2) is 9.79. The molecule has 0 spiro atoms. The molecule has 4 atom stereocenters. The van der Waals surface area contributed by atoms with E-state index in [1.807, 2.05) is 47.0 Å². The van der Waals surface area contributed by atoms with Gasteiger partial charge in [-0.1, -0.05) is 18.2 Å². The van der Waals surface area contributed by atoms with E-state index in [-0.39, 0.29) is 46.2 Å². The lowest BCUT2D eigenvalue weighted by atomic mass is 9.70. The minimum atomic E-state index is -0.348. The second-order valence-electron chi connectivity index (χ2n) is 11.2. The normalized spacial score (nSPS) is 22.8. The lowest BCUT2D eigenvalue weighted by Crippen LogP contribution is -2.61. The summed E-state index contributed by atoms with van der Waals surface area (Å²) < 4.78 is 1.89. The molecular formula is C30H31N6O4-. The van der Waals surface area contributed by atoms with Crippen molar-refractivity contribution in [1.29, 1.82) is 0 Å². The summed E-state index contributed by atoms with van der Waals surface area (Å²) in [5.74, 6) is 0.842.